The predicted molar refractivity (Wildman–Crippen MR) is 92.3 cm³/mol. The summed E-state index contributed by atoms with van der Waals surface area (Å²) in [7, 11) is 1.66. The molecule has 0 radical (unpaired) electrons. The molecule has 24 heavy (non-hydrogen) atoms. The highest BCUT2D eigenvalue weighted by Gasteiger charge is 2.32. The maximum absolute atomic E-state index is 12.1. The Balaban J connectivity index is 1.72. The van der Waals surface area contributed by atoms with Gasteiger partial charge < -0.3 is 19.9 Å². The number of nitrogens with zero attached hydrogens (tertiary/aromatic N) is 1. The topological polar surface area (TPSA) is 71.0 Å². The smallest absolute Gasteiger partial charge is 0.234 e. The second kappa shape index (κ2) is 9.01. The summed E-state index contributed by atoms with van der Waals surface area (Å²) in [6, 6.07) is 6.01. The van der Waals surface area contributed by atoms with E-state index in [1.54, 1.807) is 7.11 Å². The zero-order valence-corrected chi connectivity index (χ0v) is 14.7. The molecular formula is C18H28N2O4. The quantitative estimate of drug-likeness (QED) is 0.690. The summed E-state index contributed by atoms with van der Waals surface area (Å²) in [6.45, 7) is 5.90. The van der Waals surface area contributed by atoms with E-state index in [-0.39, 0.29) is 31.2 Å². The molecule has 1 fully saturated rings. The first kappa shape index (κ1) is 18.7. The van der Waals surface area contributed by atoms with Gasteiger partial charge in [0.1, 0.15) is 12.4 Å². The summed E-state index contributed by atoms with van der Waals surface area (Å²) < 4.78 is 11.1. The number of methoxy groups -OCH3 is 1. The lowest BCUT2D eigenvalue weighted by Gasteiger charge is -2.21. The van der Waals surface area contributed by atoms with Crippen LogP contribution in [0.4, 0.5) is 0 Å². The summed E-state index contributed by atoms with van der Waals surface area (Å²) in [6.07, 6.45) is 0.845. The van der Waals surface area contributed by atoms with Gasteiger partial charge in [-0.1, -0.05) is 18.2 Å². The van der Waals surface area contributed by atoms with Crippen molar-refractivity contribution in [3.63, 3.8) is 0 Å². The fourth-order valence-electron chi connectivity index (χ4n) is 3.10. The minimum Gasteiger partial charge on any atom is -0.491 e. The molecule has 1 saturated heterocycles. The van der Waals surface area contributed by atoms with Crippen molar-refractivity contribution in [1.29, 1.82) is 0 Å². The van der Waals surface area contributed by atoms with Crippen molar-refractivity contribution in [3.8, 4) is 5.75 Å². The molecular weight excluding hydrogens is 308 g/mol. The Morgan fingerprint density at radius 3 is 2.71 bits per heavy atom. The van der Waals surface area contributed by atoms with Crippen molar-refractivity contribution in [2.45, 2.75) is 32.4 Å². The molecule has 1 aromatic carbocycles. The summed E-state index contributed by atoms with van der Waals surface area (Å²) in [5.74, 6) is 0.824. The second-order valence-corrected chi connectivity index (χ2v) is 6.28. The molecule has 6 heteroatoms. The van der Waals surface area contributed by atoms with Gasteiger partial charge in [-0.15, -0.1) is 0 Å². The maximum Gasteiger partial charge on any atom is 0.234 e. The lowest BCUT2D eigenvalue weighted by molar-refractivity contribution is -0.122. The fourth-order valence-corrected chi connectivity index (χ4v) is 3.10. The highest BCUT2D eigenvalue weighted by atomic mass is 16.5. The van der Waals surface area contributed by atoms with E-state index in [4.69, 9.17) is 9.47 Å². The third-order valence-corrected chi connectivity index (χ3v) is 4.46. The molecule has 0 saturated carbocycles. The summed E-state index contributed by atoms with van der Waals surface area (Å²) in [5, 5.41) is 12.3. The number of para-hydroxylation sites is 1. The monoisotopic (exact) mass is 336 g/mol. The number of amides is 1. The zero-order chi connectivity index (χ0) is 17.5. The van der Waals surface area contributed by atoms with Crippen molar-refractivity contribution in [2.75, 3.05) is 40.0 Å². The van der Waals surface area contributed by atoms with Crippen LogP contribution in [0.2, 0.25) is 0 Å². The van der Waals surface area contributed by atoms with Crippen LogP contribution < -0.4 is 10.1 Å². The third-order valence-electron chi connectivity index (χ3n) is 4.46. The van der Waals surface area contributed by atoms with Gasteiger partial charge in [-0.2, -0.15) is 0 Å². The molecule has 0 unspecified atom stereocenters. The molecule has 1 amide bonds. The lowest BCUT2D eigenvalue weighted by atomic mass is 10.1. The molecule has 134 valence electrons. The number of hydrogen-bond acceptors (Lipinski definition) is 5. The molecule has 2 rings (SSSR count). The van der Waals surface area contributed by atoms with Gasteiger partial charge in [-0.3, -0.25) is 9.69 Å². The van der Waals surface area contributed by atoms with Crippen LogP contribution in [0.1, 0.15) is 17.5 Å². The molecule has 0 aromatic heterocycles. The number of nitrogens with one attached hydrogen (secondary N) is 1. The summed E-state index contributed by atoms with van der Waals surface area (Å²) >= 11 is 0. The van der Waals surface area contributed by atoms with Gasteiger partial charge >= 0.3 is 0 Å². The summed E-state index contributed by atoms with van der Waals surface area (Å²) in [5.41, 5.74) is 2.18. The average molecular weight is 336 g/mol. The van der Waals surface area contributed by atoms with Crippen LogP contribution in [0.15, 0.2) is 18.2 Å². The molecule has 2 N–H and O–H groups in total. The first-order valence-electron chi connectivity index (χ1n) is 8.38. The number of benzene rings is 1. The van der Waals surface area contributed by atoms with Crippen LogP contribution in [0.3, 0.4) is 0 Å². The van der Waals surface area contributed by atoms with Crippen molar-refractivity contribution < 1.29 is 19.4 Å². The van der Waals surface area contributed by atoms with E-state index >= 15 is 0 Å². The van der Waals surface area contributed by atoms with E-state index in [1.165, 1.54) is 0 Å². The Morgan fingerprint density at radius 1 is 1.38 bits per heavy atom. The van der Waals surface area contributed by atoms with Gasteiger partial charge in [0.05, 0.1) is 25.8 Å². The molecule has 0 spiro atoms. The minimum absolute atomic E-state index is 0.00781. The molecule has 1 aliphatic rings. The first-order chi connectivity index (χ1) is 11.5. The van der Waals surface area contributed by atoms with Crippen molar-refractivity contribution in [2.24, 2.45) is 0 Å². The van der Waals surface area contributed by atoms with Gasteiger partial charge in [-0.25, -0.2) is 0 Å². The fraction of sp³-hybridized carbons (Fsp3) is 0.611. The van der Waals surface area contributed by atoms with Crippen LogP contribution in [0, 0.1) is 13.8 Å². The summed E-state index contributed by atoms with van der Waals surface area (Å²) in [4.78, 5) is 14.0. The van der Waals surface area contributed by atoms with Gasteiger partial charge in [0.25, 0.3) is 0 Å². The molecule has 1 aromatic rings. The van der Waals surface area contributed by atoms with Gasteiger partial charge in [-0.05, 0) is 31.4 Å². The number of aliphatic hydroxyl groups excluding tert-OH is 1. The number of aliphatic hydroxyl groups is 1. The molecule has 0 bridgehead atoms. The lowest BCUT2D eigenvalue weighted by Crippen LogP contribution is -2.42. The number of carbonyl (C=O) groups excluding carboxylic acids is 1. The molecule has 0 aliphatic carbocycles. The van der Waals surface area contributed by atoms with Crippen molar-refractivity contribution in [1.82, 2.24) is 10.2 Å². The number of rotatable bonds is 8. The van der Waals surface area contributed by atoms with E-state index in [1.807, 2.05) is 36.9 Å². The van der Waals surface area contributed by atoms with Crippen LogP contribution >= 0.6 is 0 Å². The largest absolute Gasteiger partial charge is 0.491 e. The number of carbonyl (C=O) groups is 1. The standard InChI is InChI=1S/C18H28N2O4/c1-13-5-4-6-14(2)18(13)24-8-7-19-17(22)11-20-10-16(23-3)9-15(20)12-21/h4-6,15-16,21H,7-12H2,1-3H3,(H,19,22)/t15-,16-/m0/s1. The van der Waals surface area contributed by atoms with Crippen molar-refractivity contribution >= 4 is 5.91 Å². The van der Waals surface area contributed by atoms with E-state index in [0.29, 0.717) is 19.7 Å². The van der Waals surface area contributed by atoms with Crippen molar-refractivity contribution in [3.05, 3.63) is 29.3 Å². The SMILES string of the molecule is CO[C@H]1C[C@@H](CO)N(CC(=O)NCCOc2c(C)cccc2C)C1. The van der Waals surface area contributed by atoms with E-state index < -0.39 is 0 Å². The average Bonchev–Trinajstić information content (AvgIpc) is 2.95. The van der Waals surface area contributed by atoms with Gasteiger partial charge in [0, 0.05) is 19.7 Å². The Bertz CT molecular complexity index is 530. The van der Waals surface area contributed by atoms with Crippen LogP contribution in [-0.2, 0) is 9.53 Å². The number of ether oxygens (including phenoxy) is 2. The highest BCUT2D eigenvalue weighted by molar-refractivity contribution is 5.78. The van der Waals surface area contributed by atoms with E-state index in [2.05, 4.69) is 5.32 Å². The number of hydrogen-bond donors (Lipinski definition) is 2. The second-order valence-electron chi connectivity index (χ2n) is 6.28. The predicted octanol–water partition coefficient (Wildman–Crippen LogP) is 0.880. The Hall–Kier alpha value is -1.63. The molecule has 6 nitrogen and oxygen atoms in total. The minimum atomic E-state index is -0.0599. The van der Waals surface area contributed by atoms with Crippen LogP contribution in [0.5, 0.6) is 5.75 Å². The molecule has 1 heterocycles. The Kier molecular flexibility index (Phi) is 7.02. The van der Waals surface area contributed by atoms with Crippen LogP contribution in [0.25, 0.3) is 0 Å². The molecule has 1 aliphatic heterocycles. The van der Waals surface area contributed by atoms with Gasteiger partial charge in [0.15, 0.2) is 0 Å². The zero-order valence-electron chi connectivity index (χ0n) is 14.7. The first-order valence-corrected chi connectivity index (χ1v) is 8.38. The van der Waals surface area contributed by atoms with E-state index in [0.717, 1.165) is 23.3 Å². The third kappa shape index (κ3) is 4.93. The number of likely N-dealkylation sites (tertiary alicyclic amines) is 1. The molecule has 2 atom stereocenters. The highest BCUT2D eigenvalue weighted by Crippen LogP contribution is 2.22. The van der Waals surface area contributed by atoms with Gasteiger partial charge in [0.2, 0.25) is 5.91 Å². The maximum atomic E-state index is 12.1. The number of aryl methyl sites for hydroxylation is 2. The Labute approximate surface area is 143 Å². The van der Waals surface area contributed by atoms with E-state index in [9.17, 15) is 9.90 Å². The van der Waals surface area contributed by atoms with Crippen LogP contribution in [-0.4, -0.2) is 68.0 Å². The normalized spacial score (nSPS) is 21.0. The Morgan fingerprint density at radius 2 is 2.08 bits per heavy atom.